The number of benzene rings is 1. The number of hydrogen-bond acceptors (Lipinski definition) is 3. The third-order valence-corrected chi connectivity index (χ3v) is 3.38. The maximum Gasteiger partial charge on any atom is 0.0868 e. The summed E-state index contributed by atoms with van der Waals surface area (Å²) in [6.07, 6.45) is 0.934. The lowest BCUT2D eigenvalue weighted by molar-refractivity contribution is 0.281. The van der Waals surface area contributed by atoms with Crippen LogP contribution in [0.4, 0.5) is 5.00 Å². The number of hydrogen-bond donors (Lipinski definition) is 2. The van der Waals surface area contributed by atoms with Gasteiger partial charge in [0.15, 0.2) is 0 Å². The minimum Gasteiger partial charge on any atom is -0.392 e. The monoisotopic (exact) mass is 207 g/mol. The number of nitrogens with two attached hydrogens (primary N) is 1. The Morgan fingerprint density at radius 1 is 1.43 bits per heavy atom. The molecule has 14 heavy (non-hydrogen) atoms. The van der Waals surface area contributed by atoms with E-state index in [1.807, 2.05) is 18.2 Å². The first-order valence-corrected chi connectivity index (χ1v) is 5.48. The van der Waals surface area contributed by atoms with Crippen LogP contribution in [-0.4, -0.2) is 5.11 Å². The van der Waals surface area contributed by atoms with Gasteiger partial charge in [-0.25, -0.2) is 0 Å². The van der Waals surface area contributed by atoms with Crippen molar-refractivity contribution < 1.29 is 5.11 Å². The molecular formula is C11H13NOS. The first-order valence-electron chi connectivity index (χ1n) is 4.67. The van der Waals surface area contributed by atoms with E-state index < -0.39 is 0 Å². The number of nitrogen functional groups attached to an aromatic ring is 1. The SMILES string of the molecule is CCc1c(CO)ccc2sc(N)cc12. The topological polar surface area (TPSA) is 46.2 Å². The fourth-order valence-electron chi connectivity index (χ4n) is 1.80. The second-order valence-electron chi connectivity index (χ2n) is 3.28. The normalized spacial score (nSPS) is 11.0. The van der Waals surface area contributed by atoms with Gasteiger partial charge in [0, 0.05) is 4.70 Å². The van der Waals surface area contributed by atoms with Crippen molar-refractivity contribution in [2.75, 3.05) is 5.73 Å². The summed E-state index contributed by atoms with van der Waals surface area (Å²) >= 11 is 1.60. The van der Waals surface area contributed by atoms with E-state index in [2.05, 4.69) is 6.92 Å². The predicted octanol–water partition coefficient (Wildman–Crippen LogP) is 2.54. The highest BCUT2D eigenvalue weighted by atomic mass is 32.1. The van der Waals surface area contributed by atoms with Crippen molar-refractivity contribution in [3.63, 3.8) is 0 Å². The van der Waals surface area contributed by atoms with Crippen LogP contribution < -0.4 is 5.73 Å². The van der Waals surface area contributed by atoms with E-state index in [1.165, 1.54) is 15.6 Å². The minimum atomic E-state index is 0.106. The number of thiophene rings is 1. The number of aliphatic hydroxyl groups is 1. The van der Waals surface area contributed by atoms with Crippen molar-refractivity contribution in [3.8, 4) is 0 Å². The Kier molecular flexibility index (Phi) is 2.44. The number of fused-ring (bicyclic) bond motifs is 1. The van der Waals surface area contributed by atoms with Crippen molar-refractivity contribution in [1.82, 2.24) is 0 Å². The van der Waals surface area contributed by atoms with E-state index in [1.54, 1.807) is 11.3 Å². The van der Waals surface area contributed by atoms with E-state index >= 15 is 0 Å². The molecular weight excluding hydrogens is 194 g/mol. The van der Waals surface area contributed by atoms with Crippen LogP contribution >= 0.6 is 11.3 Å². The molecule has 1 aromatic heterocycles. The summed E-state index contributed by atoms with van der Waals surface area (Å²) in [5.41, 5.74) is 7.99. The summed E-state index contributed by atoms with van der Waals surface area (Å²) < 4.78 is 1.21. The maximum atomic E-state index is 9.19. The molecule has 0 fully saturated rings. The number of aliphatic hydroxyl groups excluding tert-OH is 1. The Labute approximate surface area is 87.0 Å². The molecule has 0 saturated heterocycles. The largest absolute Gasteiger partial charge is 0.392 e. The van der Waals surface area contributed by atoms with Crippen LogP contribution in [-0.2, 0) is 13.0 Å². The van der Waals surface area contributed by atoms with Crippen LogP contribution in [0.15, 0.2) is 18.2 Å². The second kappa shape index (κ2) is 3.59. The summed E-state index contributed by atoms with van der Waals surface area (Å²) in [7, 11) is 0. The Balaban J connectivity index is 2.75. The van der Waals surface area contributed by atoms with Crippen LogP contribution in [0.25, 0.3) is 10.1 Å². The third-order valence-electron chi connectivity index (χ3n) is 2.45. The molecule has 0 spiro atoms. The number of rotatable bonds is 2. The number of aryl methyl sites for hydroxylation is 1. The zero-order chi connectivity index (χ0) is 10.1. The van der Waals surface area contributed by atoms with Crippen molar-refractivity contribution >= 4 is 26.4 Å². The van der Waals surface area contributed by atoms with E-state index in [9.17, 15) is 5.11 Å². The van der Waals surface area contributed by atoms with Gasteiger partial charge in [-0.05, 0) is 35.1 Å². The summed E-state index contributed by atoms with van der Waals surface area (Å²) in [6.45, 7) is 2.21. The molecule has 74 valence electrons. The van der Waals surface area contributed by atoms with Gasteiger partial charge in [-0.15, -0.1) is 11.3 Å². The second-order valence-corrected chi connectivity index (χ2v) is 4.39. The van der Waals surface area contributed by atoms with Crippen LogP contribution in [0, 0.1) is 0 Å². The molecule has 0 amide bonds. The third kappa shape index (κ3) is 1.38. The van der Waals surface area contributed by atoms with Crippen LogP contribution in [0.3, 0.4) is 0 Å². The molecule has 0 atom stereocenters. The van der Waals surface area contributed by atoms with Gasteiger partial charge in [-0.3, -0.25) is 0 Å². The fraction of sp³-hybridized carbons (Fsp3) is 0.273. The van der Waals surface area contributed by atoms with E-state index in [0.717, 1.165) is 17.0 Å². The molecule has 0 bridgehead atoms. The Morgan fingerprint density at radius 3 is 2.86 bits per heavy atom. The van der Waals surface area contributed by atoms with Crippen molar-refractivity contribution in [1.29, 1.82) is 0 Å². The zero-order valence-corrected chi connectivity index (χ0v) is 8.90. The molecule has 3 heteroatoms. The molecule has 0 unspecified atom stereocenters. The van der Waals surface area contributed by atoms with Gasteiger partial charge < -0.3 is 10.8 Å². The summed E-state index contributed by atoms with van der Waals surface area (Å²) in [6, 6.07) is 6.01. The van der Waals surface area contributed by atoms with Gasteiger partial charge in [0.1, 0.15) is 0 Å². The molecule has 0 saturated carbocycles. The quantitative estimate of drug-likeness (QED) is 0.795. The van der Waals surface area contributed by atoms with Crippen molar-refractivity contribution in [2.24, 2.45) is 0 Å². The van der Waals surface area contributed by atoms with E-state index in [-0.39, 0.29) is 6.61 Å². The van der Waals surface area contributed by atoms with Crippen molar-refractivity contribution in [3.05, 3.63) is 29.3 Å². The zero-order valence-electron chi connectivity index (χ0n) is 8.08. The van der Waals surface area contributed by atoms with Gasteiger partial charge >= 0.3 is 0 Å². The number of anilines is 1. The van der Waals surface area contributed by atoms with Gasteiger partial charge in [0.05, 0.1) is 11.6 Å². The molecule has 0 aliphatic carbocycles. The molecule has 0 aliphatic rings. The lowest BCUT2D eigenvalue weighted by Crippen LogP contribution is -1.92. The van der Waals surface area contributed by atoms with Crippen LogP contribution in [0.2, 0.25) is 0 Å². The lowest BCUT2D eigenvalue weighted by atomic mass is 10.0. The standard InChI is InChI=1S/C11H13NOS/c1-2-8-7(6-13)3-4-10-9(8)5-11(12)14-10/h3-5,13H,2,6,12H2,1H3. The predicted molar refractivity (Wildman–Crippen MR) is 61.5 cm³/mol. The van der Waals surface area contributed by atoms with E-state index in [0.29, 0.717) is 0 Å². The molecule has 2 aromatic rings. The molecule has 1 heterocycles. The Morgan fingerprint density at radius 2 is 2.21 bits per heavy atom. The maximum absolute atomic E-state index is 9.19. The minimum absolute atomic E-state index is 0.106. The van der Waals surface area contributed by atoms with Crippen LogP contribution in [0.1, 0.15) is 18.1 Å². The van der Waals surface area contributed by atoms with Gasteiger partial charge in [-0.2, -0.15) is 0 Å². The molecule has 2 nitrogen and oxygen atoms in total. The highest BCUT2D eigenvalue weighted by Crippen LogP contribution is 2.32. The Bertz CT molecular complexity index is 462. The van der Waals surface area contributed by atoms with Crippen LogP contribution in [0.5, 0.6) is 0 Å². The van der Waals surface area contributed by atoms with E-state index in [4.69, 9.17) is 5.73 Å². The van der Waals surface area contributed by atoms with Crippen molar-refractivity contribution in [2.45, 2.75) is 20.0 Å². The lowest BCUT2D eigenvalue weighted by Gasteiger charge is -2.05. The molecule has 0 radical (unpaired) electrons. The highest BCUT2D eigenvalue weighted by Gasteiger charge is 2.07. The molecule has 2 rings (SSSR count). The highest BCUT2D eigenvalue weighted by molar-refractivity contribution is 7.22. The first-order chi connectivity index (χ1) is 6.76. The smallest absolute Gasteiger partial charge is 0.0868 e. The van der Waals surface area contributed by atoms with Gasteiger partial charge in [0.25, 0.3) is 0 Å². The summed E-state index contributed by atoms with van der Waals surface area (Å²) in [5.74, 6) is 0. The average molecular weight is 207 g/mol. The molecule has 3 N–H and O–H groups in total. The average Bonchev–Trinajstić information content (AvgIpc) is 2.56. The fourth-order valence-corrected chi connectivity index (χ4v) is 2.66. The van der Waals surface area contributed by atoms with Gasteiger partial charge in [0.2, 0.25) is 0 Å². The molecule has 0 aliphatic heterocycles. The first kappa shape index (κ1) is 9.49. The van der Waals surface area contributed by atoms with Gasteiger partial charge in [-0.1, -0.05) is 13.0 Å². The Hall–Kier alpha value is -1.06. The molecule has 1 aromatic carbocycles. The summed E-state index contributed by atoms with van der Waals surface area (Å²) in [5, 5.41) is 11.2. The summed E-state index contributed by atoms with van der Waals surface area (Å²) in [4.78, 5) is 0.